The minimum Gasteiger partial charge on any atom is -0.394 e. The Morgan fingerprint density at radius 3 is 2.44 bits per heavy atom. The van der Waals surface area contributed by atoms with Crippen molar-refractivity contribution in [3.05, 3.63) is 0 Å². The number of nitrogens with one attached hydrogen (secondary N) is 1. The largest absolute Gasteiger partial charge is 0.394 e. The van der Waals surface area contributed by atoms with Crippen LogP contribution in [0.2, 0.25) is 0 Å². The van der Waals surface area contributed by atoms with Crippen LogP contribution in [0.1, 0.15) is 12.8 Å². The summed E-state index contributed by atoms with van der Waals surface area (Å²) in [7, 11) is -3.13. The van der Waals surface area contributed by atoms with E-state index in [-0.39, 0.29) is 12.6 Å². The molecule has 1 heterocycles. The molecule has 1 aliphatic rings. The molecule has 6 nitrogen and oxygen atoms in total. The molecule has 96 valence electrons. The van der Waals surface area contributed by atoms with E-state index in [4.69, 9.17) is 5.11 Å². The molecule has 0 radical (unpaired) electrons. The number of aliphatic hydroxyl groups is 2. The quantitative estimate of drug-likeness (QED) is 0.546. The second-order valence-electron chi connectivity index (χ2n) is 4.30. The second kappa shape index (κ2) is 5.92. The van der Waals surface area contributed by atoms with E-state index >= 15 is 0 Å². The van der Waals surface area contributed by atoms with Crippen LogP contribution in [0, 0.1) is 0 Å². The molecule has 16 heavy (non-hydrogen) atoms. The van der Waals surface area contributed by atoms with Crippen LogP contribution in [-0.2, 0) is 10.0 Å². The first-order chi connectivity index (χ1) is 7.40. The van der Waals surface area contributed by atoms with Gasteiger partial charge in [-0.2, -0.15) is 0 Å². The average molecular weight is 252 g/mol. The van der Waals surface area contributed by atoms with Gasteiger partial charge in [0.05, 0.1) is 19.0 Å². The molecule has 7 heteroatoms. The Kier molecular flexibility index (Phi) is 5.13. The second-order valence-corrected chi connectivity index (χ2v) is 6.08. The van der Waals surface area contributed by atoms with Gasteiger partial charge in [-0.25, -0.2) is 13.1 Å². The Balaban J connectivity index is 2.29. The predicted octanol–water partition coefficient (Wildman–Crippen LogP) is -1.65. The smallest absolute Gasteiger partial charge is 0.208 e. The highest BCUT2D eigenvalue weighted by Crippen LogP contribution is 2.11. The number of hydrogen-bond acceptors (Lipinski definition) is 5. The van der Waals surface area contributed by atoms with Gasteiger partial charge in [0.25, 0.3) is 0 Å². The lowest BCUT2D eigenvalue weighted by Crippen LogP contribution is -2.46. The minimum absolute atomic E-state index is 0.00230. The Morgan fingerprint density at radius 2 is 2.00 bits per heavy atom. The van der Waals surface area contributed by atoms with Gasteiger partial charge in [0, 0.05) is 12.6 Å². The molecule has 0 saturated carbocycles. The zero-order valence-electron chi connectivity index (χ0n) is 9.46. The maximum atomic E-state index is 11.0. The highest BCUT2D eigenvalue weighted by Gasteiger charge is 2.22. The van der Waals surface area contributed by atoms with Crippen molar-refractivity contribution >= 4 is 10.0 Å². The summed E-state index contributed by atoms with van der Waals surface area (Å²) < 4.78 is 24.6. The molecule has 0 aromatic heterocycles. The molecular formula is C9H20N2O4S. The van der Waals surface area contributed by atoms with Crippen LogP contribution in [0.3, 0.4) is 0 Å². The highest BCUT2D eigenvalue weighted by atomic mass is 32.2. The van der Waals surface area contributed by atoms with Crippen LogP contribution >= 0.6 is 0 Å². The number of rotatable bonds is 5. The van der Waals surface area contributed by atoms with Gasteiger partial charge in [-0.05, 0) is 25.9 Å². The third kappa shape index (κ3) is 5.22. The van der Waals surface area contributed by atoms with Crippen molar-refractivity contribution < 1.29 is 18.6 Å². The molecule has 3 N–H and O–H groups in total. The number of hydrogen-bond donors (Lipinski definition) is 3. The third-order valence-electron chi connectivity index (χ3n) is 2.65. The predicted molar refractivity (Wildman–Crippen MR) is 60.5 cm³/mol. The normalized spacial score (nSPS) is 22.2. The summed E-state index contributed by atoms with van der Waals surface area (Å²) in [6.07, 6.45) is 1.94. The van der Waals surface area contributed by atoms with Crippen molar-refractivity contribution in [1.29, 1.82) is 0 Å². The number of β-amino-alcohol motifs (C(OH)–C–C–N with tert-alkyl or cyclic N) is 1. The zero-order chi connectivity index (χ0) is 12.2. The first-order valence-corrected chi connectivity index (χ1v) is 7.28. The van der Waals surface area contributed by atoms with Crippen molar-refractivity contribution in [3.63, 3.8) is 0 Å². The van der Waals surface area contributed by atoms with E-state index < -0.39 is 16.1 Å². The van der Waals surface area contributed by atoms with E-state index in [1.165, 1.54) is 0 Å². The maximum absolute atomic E-state index is 11.0. The monoisotopic (exact) mass is 252 g/mol. The molecule has 0 bridgehead atoms. The average Bonchev–Trinajstić information content (AvgIpc) is 2.18. The van der Waals surface area contributed by atoms with Crippen molar-refractivity contribution in [1.82, 2.24) is 9.62 Å². The summed E-state index contributed by atoms with van der Waals surface area (Å²) in [6.45, 7) is 1.69. The standard InChI is InChI=1S/C9H20N2O4S/c1-16(14,15)10-8-2-4-11(5-3-8)6-9(13)7-12/h8-10,12-13H,2-7H2,1H3/t9-/m1/s1. The lowest BCUT2D eigenvalue weighted by Gasteiger charge is -2.32. The Morgan fingerprint density at radius 1 is 1.44 bits per heavy atom. The van der Waals surface area contributed by atoms with Gasteiger partial charge in [-0.15, -0.1) is 0 Å². The third-order valence-corrected chi connectivity index (χ3v) is 3.41. The van der Waals surface area contributed by atoms with Gasteiger partial charge in [-0.1, -0.05) is 0 Å². The molecule has 1 atom stereocenters. The molecule has 0 aromatic carbocycles. The highest BCUT2D eigenvalue weighted by molar-refractivity contribution is 7.88. The number of nitrogens with zero attached hydrogens (tertiary/aromatic N) is 1. The molecule has 0 spiro atoms. The molecule has 0 aromatic rings. The number of aliphatic hydroxyl groups excluding tert-OH is 2. The van der Waals surface area contributed by atoms with Crippen LogP contribution < -0.4 is 4.72 Å². The van der Waals surface area contributed by atoms with Gasteiger partial charge in [-0.3, -0.25) is 0 Å². The molecule has 0 aliphatic carbocycles. The maximum Gasteiger partial charge on any atom is 0.208 e. The first-order valence-electron chi connectivity index (χ1n) is 5.39. The summed E-state index contributed by atoms with van der Waals surface area (Å²) in [5.41, 5.74) is 0. The molecule has 0 unspecified atom stereocenters. The molecule has 1 aliphatic heterocycles. The minimum atomic E-state index is -3.13. The van der Waals surface area contributed by atoms with Crippen molar-refractivity contribution in [2.24, 2.45) is 0 Å². The van der Waals surface area contributed by atoms with E-state index in [2.05, 4.69) is 4.72 Å². The Labute approximate surface area is 96.3 Å². The van der Waals surface area contributed by atoms with E-state index in [0.717, 1.165) is 32.2 Å². The fraction of sp³-hybridized carbons (Fsp3) is 1.00. The van der Waals surface area contributed by atoms with Crippen LogP contribution in [0.25, 0.3) is 0 Å². The Hall–Kier alpha value is -0.210. The summed E-state index contributed by atoms with van der Waals surface area (Å²) in [6, 6.07) is -0.00230. The van der Waals surface area contributed by atoms with Gasteiger partial charge in [0.2, 0.25) is 10.0 Å². The van der Waals surface area contributed by atoms with Crippen molar-refractivity contribution in [3.8, 4) is 0 Å². The van der Waals surface area contributed by atoms with Gasteiger partial charge >= 0.3 is 0 Å². The summed E-state index contributed by atoms with van der Waals surface area (Å²) in [5, 5.41) is 18.0. The van der Waals surface area contributed by atoms with Gasteiger partial charge in [0.1, 0.15) is 0 Å². The van der Waals surface area contributed by atoms with Crippen LogP contribution in [-0.4, -0.2) is 68.2 Å². The van der Waals surface area contributed by atoms with E-state index in [1.807, 2.05) is 4.90 Å². The number of sulfonamides is 1. The van der Waals surface area contributed by atoms with E-state index in [9.17, 15) is 13.5 Å². The van der Waals surface area contributed by atoms with Crippen molar-refractivity contribution in [2.75, 3.05) is 32.5 Å². The van der Waals surface area contributed by atoms with Gasteiger partial charge in [0.15, 0.2) is 0 Å². The fourth-order valence-corrected chi connectivity index (χ4v) is 2.73. The number of piperidine rings is 1. The zero-order valence-corrected chi connectivity index (χ0v) is 10.3. The Bertz CT molecular complexity index is 299. The molecule has 1 fully saturated rings. The fourth-order valence-electron chi connectivity index (χ4n) is 1.89. The first kappa shape index (κ1) is 13.9. The summed E-state index contributed by atoms with van der Waals surface area (Å²) >= 11 is 0. The van der Waals surface area contributed by atoms with Crippen molar-refractivity contribution in [2.45, 2.75) is 25.0 Å². The van der Waals surface area contributed by atoms with Crippen LogP contribution in [0.4, 0.5) is 0 Å². The van der Waals surface area contributed by atoms with E-state index in [1.54, 1.807) is 0 Å². The summed E-state index contributed by atoms with van der Waals surface area (Å²) in [4.78, 5) is 2.03. The molecule has 0 amide bonds. The molecular weight excluding hydrogens is 232 g/mol. The molecule has 1 rings (SSSR count). The summed E-state index contributed by atoms with van der Waals surface area (Å²) in [5.74, 6) is 0. The SMILES string of the molecule is CS(=O)(=O)NC1CCN(C[C@@H](O)CO)CC1. The lowest BCUT2D eigenvalue weighted by molar-refractivity contribution is 0.0509. The lowest BCUT2D eigenvalue weighted by atomic mass is 10.1. The van der Waals surface area contributed by atoms with Gasteiger partial charge < -0.3 is 15.1 Å². The topological polar surface area (TPSA) is 89.9 Å². The molecule has 1 saturated heterocycles. The van der Waals surface area contributed by atoms with E-state index in [0.29, 0.717) is 6.54 Å². The van der Waals surface area contributed by atoms with Crippen LogP contribution in [0.5, 0.6) is 0 Å². The number of likely N-dealkylation sites (tertiary alicyclic amines) is 1. The van der Waals surface area contributed by atoms with Crippen LogP contribution in [0.15, 0.2) is 0 Å².